The largest absolute Gasteiger partial charge is 0.420 e. The number of nitrogens with zero attached hydrogens (tertiary/aromatic N) is 2. The Kier molecular flexibility index (Phi) is 4.33. The molecule has 0 aliphatic rings. The van der Waals surface area contributed by atoms with Crippen LogP contribution in [-0.4, -0.2) is 35.7 Å². The van der Waals surface area contributed by atoms with Crippen LogP contribution in [0.2, 0.25) is 0 Å². The van der Waals surface area contributed by atoms with Crippen LogP contribution in [0.15, 0.2) is 27.4 Å². The van der Waals surface area contributed by atoms with E-state index >= 15 is 0 Å². The number of amides is 1. The van der Waals surface area contributed by atoms with E-state index in [1.807, 2.05) is 0 Å². The number of hydrogen-bond donors (Lipinski definition) is 1. The SMILES string of the molecule is COCCNC(=O)Cn1c(=O)oc2ccc([N+](=O)[O-])cc21. The summed E-state index contributed by atoms with van der Waals surface area (Å²) in [6.45, 7) is 0.370. The number of ether oxygens (including phenoxy) is 1. The van der Waals surface area contributed by atoms with Crippen molar-refractivity contribution >= 4 is 22.7 Å². The minimum Gasteiger partial charge on any atom is -0.408 e. The highest BCUT2D eigenvalue weighted by atomic mass is 16.6. The van der Waals surface area contributed by atoms with Gasteiger partial charge in [0.1, 0.15) is 6.54 Å². The van der Waals surface area contributed by atoms with Crippen LogP contribution in [0.4, 0.5) is 5.69 Å². The zero-order valence-corrected chi connectivity index (χ0v) is 11.2. The monoisotopic (exact) mass is 295 g/mol. The van der Waals surface area contributed by atoms with Gasteiger partial charge in [0.2, 0.25) is 5.91 Å². The maximum atomic E-state index is 11.7. The van der Waals surface area contributed by atoms with E-state index in [1.54, 1.807) is 0 Å². The van der Waals surface area contributed by atoms with Crippen molar-refractivity contribution in [3.8, 4) is 0 Å². The molecule has 0 aliphatic carbocycles. The molecule has 0 fully saturated rings. The highest BCUT2D eigenvalue weighted by molar-refractivity contribution is 5.80. The Balaban J connectivity index is 2.28. The number of rotatable bonds is 6. The number of nitrogens with one attached hydrogen (secondary N) is 1. The van der Waals surface area contributed by atoms with Gasteiger partial charge in [0.05, 0.1) is 17.0 Å². The lowest BCUT2D eigenvalue weighted by Gasteiger charge is -2.04. The first-order chi connectivity index (χ1) is 10.0. The van der Waals surface area contributed by atoms with E-state index in [2.05, 4.69) is 5.32 Å². The fourth-order valence-corrected chi connectivity index (χ4v) is 1.81. The number of oxazole rings is 1. The van der Waals surface area contributed by atoms with Gasteiger partial charge in [0.25, 0.3) is 5.69 Å². The average molecular weight is 295 g/mol. The minimum absolute atomic E-state index is 0.183. The van der Waals surface area contributed by atoms with Crippen molar-refractivity contribution in [1.29, 1.82) is 0 Å². The van der Waals surface area contributed by atoms with Crippen LogP contribution in [0.1, 0.15) is 0 Å². The van der Waals surface area contributed by atoms with Crippen LogP contribution in [0.5, 0.6) is 0 Å². The second-order valence-corrected chi connectivity index (χ2v) is 4.21. The van der Waals surface area contributed by atoms with Crippen LogP contribution in [0.3, 0.4) is 0 Å². The molecule has 1 N–H and O–H groups in total. The smallest absolute Gasteiger partial charge is 0.408 e. The maximum Gasteiger partial charge on any atom is 0.420 e. The van der Waals surface area contributed by atoms with Crippen molar-refractivity contribution in [2.24, 2.45) is 0 Å². The second-order valence-electron chi connectivity index (χ2n) is 4.21. The second kappa shape index (κ2) is 6.18. The summed E-state index contributed by atoms with van der Waals surface area (Å²) in [5.41, 5.74) is 0.211. The summed E-state index contributed by atoms with van der Waals surface area (Å²) in [7, 11) is 1.50. The summed E-state index contributed by atoms with van der Waals surface area (Å²) in [4.78, 5) is 33.6. The molecule has 1 heterocycles. The van der Waals surface area contributed by atoms with E-state index < -0.39 is 16.6 Å². The number of fused-ring (bicyclic) bond motifs is 1. The quantitative estimate of drug-likeness (QED) is 0.464. The number of carbonyl (C=O) groups is 1. The molecule has 2 aromatic rings. The predicted molar refractivity (Wildman–Crippen MR) is 72.0 cm³/mol. The van der Waals surface area contributed by atoms with E-state index in [0.29, 0.717) is 13.2 Å². The lowest BCUT2D eigenvalue weighted by Crippen LogP contribution is -2.32. The third-order valence-electron chi connectivity index (χ3n) is 2.79. The van der Waals surface area contributed by atoms with Crippen molar-refractivity contribution in [1.82, 2.24) is 9.88 Å². The highest BCUT2D eigenvalue weighted by Crippen LogP contribution is 2.19. The summed E-state index contributed by atoms with van der Waals surface area (Å²) in [5.74, 6) is -1.16. The number of aromatic nitrogens is 1. The molecule has 0 bridgehead atoms. The third kappa shape index (κ3) is 3.26. The molecule has 0 saturated carbocycles. The zero-order chi connectivity index (χ0) is 15.4. The first-order valence-corrected chi connectivity index (χ1v) is 6.06. The Labute approximate surface area is 118 Å². The van der Waals surface area contributed by atoms with E-state index in [0.717, 1.165) is 4.57 Å². The highest BCUT2D eigenvalue weighted by Gasteiger charge is 2.16. The maximum absolute atomic E-state index is 11.7. The molecule has 0 radical (unpaired) electrons. The lowest BCUT2D eigenvalue weighted by molar-refractivity contribution is -0.384. The number of hydrogen-bond acceptors (Lipinski definition) is 6. The Bertz CT molecular complexity index is 732. The molecule has 0 atom stereocenters. The Morgan fingerprint density at radius 1 is 1.52 bits per heavy atom. The van der Waals surface area contributed by atoms with Gasteiger partial charge < -0.3 is 14.5 Å². The standard InChI is InChI=1S/C12H13N3O6/c1-20-5-4-13-11(16)7-14-9-6-8(15(18)19)2-3-10(9)21-12(14)17/h2-3,6H,4-5,7H2,1H3,(H,13,16). The van der Waals surface area contributed by atoms with Gasteiger partial charge in [0, 0.05) is 25.8 Å². The van der Waals surface area contributed by atoms with E-state index in [1.165, 1.54) is 25.3 Å². The lowest BCUT2D eigenvalue weighted by atomic mass is 10.3. The number of non-ortho nitro benzene ring substituents is 1. The molecule has 0 aliphatic heterocycles. The first kappa shape index (κ1) is 14.7. The van der Waals surface area contributed by atoms with Crippen LogP contribution in [0.25, 0.3) is 11.1 Å². The molecule has 9 heteroatoms. The number of methoxy groups -OCH3 is 1. The fraction of sp³-hybridized carbons (Fsp3) is 0.333. The zero-order valence-electron chi connectivity index (χ0n) is 11.2. The predicted octanol–water partition coefficient (Wildman–Crippen LogP) is 0.265. The van der Waals surface area contributed by atoms with Crippen molar-refractivity contribution < 1.29 is 18.9 Å². The summed E-state index contributed by atoms with van der Waals surface area (Å²) >= 11 is 0. The van der Waals surface area contributed by atoms with E-state index in [-0.39, 0.29) is 23.3 Å². The van der Waals surface area contributed by atoms with Crippen molar-refractivity contribution in [3.63, 3.8) is 0 Å². The average Bonchev–Trinajstić information content (AvgIpc) is 2.74. The van der Waals surface area contributed by atoms with Gasteiger partial charge >= 0.3 is 5.76 Å². The summed E-state index contributed by atoms with van der Waals surface area (Å²) in [6.07, 6.45) is 0. The van der Waals surface area contributed by atoms with Gasteiger partial charge in [-0.05, 0) is 6.07 Å². The fourth-order valence-electron chi connectivity index (χ4n) is 1.81. The Morgan fingerprint density at radius 3 is 2.95 bits per heavy atom. The molecule has 2 rings (SSSR count). The molecule has 1 aromatic heterocycles. The molecular weight excluding hydrogens is 282 g/mol. The number of nitro groups is 1. The topological polar surface area (TPSA) is 117 Å². The molecule has 112 valence electrons. The van der Waals surface area contributed by atoms with E-state index in [4.69, 9.17) is 9.15 Å². The van der Waals surface area contributed by atoms with E-state index in [9.17, 15) is 19.7 Å². The molecule has 0 saturated heterocycles. The molecule has 1 amide bonds. The van der Waals surface area contributed by atoms with Gasteiger partial charge in [0.15, 0.2) is 5.58 Å². The van der Waals surface area contributed by atoms with Gasteiger partial charge in [-0.25, -0.2) is 4.79 Å². The number of nitro benzene ring substituents is 1. The van der Waals surface area contributed by atoms with Crippen molar-refractivity contribution in [3.05, 3.63) is 38.9 Å². The number of carbonyl (C=O) groups excluding carboxylic acids is 1. The molecule has 9 nitrogen and oxygen atoms in total. The summed E-state index contributed by atoms with van der Waals surface area (Å²) < 4.78 is 10.8. The molecular formula is C12H13N3O6. The minimum atomic E-state index is -0.743. The van der Waals surface area contributed by atoms with Crippen LogP contribution in [0, 0.1) is 10.1 Å². The first-order valence-electron chi connectivity index (χ1n) is 6.06. The molecule has 0 spiro atoms. The molecule has 0 unspecified atom stereocenters. The summed E-state index contributed by atoms with van der Waals surface area (Å²) in [6, 6.07) is 3.76. The molecule has 21 heavy (non-hydrogen) atoms. The van der Waals surface area contributed by atoms with Crippen LogP contribution >= 0.6 is 0 Å². The van der Waals surface area contributed by atoms with Gasteiger partial charge in [-0.2, -0.15) is 0 Å². The third-order valence-corrected chi connectivity index (χ3v) is 2.79. The van der Waals surface area contributed by atoms with Gasteiger partial charge in [-0.1, -0.05) is 0 Å². The Hall–Kier alpha value is -2.68. The van der Waals surface area contributed by atoms with Crippen LogP contribution < -0.4 is 11.1 Å². The van der Waals surface area contributed by atoms with Gasteiger partial charge in [-0.15, -0.1) is 0 Å². The van der Waals surface area contributed by atoms with Gasteiger partial charge in [-0.3, -0.25) is 19.5 Å². The van der Waals surface area contributed by atoms with Crippen molar-refractivity contribution in [2.45, 2.75) is 6.54 Å². The van der Waals surface area contributed by atoms with Crippen LogP contribution in [-0.2, 0) is 16.1 Å². The Morgan fingerprint density at radius 2 is 2.29 bits per heavy atom. The summed E-state index contributed by atoms with van der Waals surface area (Å²) in [5, 5.41) is 13.3. The normalized spacial score (nSPS) is 10.7. The van der Waals surface area contributed by atoms with Crippen molar-refractivity contribution in [2.75, 3.05) is 20.3 Å². The number of benzene rings is 1. The molecule has 1 aromatic carbocycles.